The van der Waals surface area contributed by atoms with Gasteiger partial charge in [-0.1, -0.05) is 6.07 Å². The summed E-state index contributed by atoms with van der Waals surface area (Å²) in [4.78, 5) is 4.27. The van der Waals surface area contributed by atoms with Crippen LogP contribution >= 0.6 is 0 Å². The molecule has 0 spiro atoms. The Balaban J connectivity index is 2.33. The van der Waals surface area contributed by atoms with Crippen LogP contribution in [0.25, 0.3) is 0 Å². The number of aromatic nitrogens is 1. The van der Waals surface area contributed by atoms with E-state index in [0.717, 1.165) is 18.5 Å². The first kappa shape index (κ1) is 14.9. The number of nitrogens with one attached hydrogen (secondary N) is 1. The third-order valence-corrected chi connectivity index (χ3v) is 2.36. The van der Waals surface area contributed by atoms with Crippen molar-refractivity contribution in [2.75, 3.05) is 20.3 Å². The van der Waals surface area contributed by atoms with E-state index in [2.05, 4.69) is 31.1 Å². The van der Waals surface area contributed by atoms with Gasteiger partial charge in [0, 0.05) is 44.5 Å². The topological polar surface area (TPSA) is 43.4 Å². The third kappa shape index (κ3) is 6.57. The molecule has 1 aromatic heterocycles. The van der Waals surface area contributed by atoms with Crippen LogP contribution in [0.1, 0.15) is 32.8 Å². The van der Waals surface area contributed by atoms with Crippen LogP contribution < -0.4 is 10.1 Å². The highest BCUT2D eigenvalue weighted by atomic mass is 16.5. The number of pyridine rings is 1. The first-order valence-electron chi connectivity index (χ1n) is 6.33. The Hall–Kier alpha value is -1.13. The molecule has 0 saturated heterocycles. The van der Waals surface area contributed by atoms with Crippen LogP contribution in [0.5, 0.6) is 5.88 Å². The standard InChI is InChI=1S/C14H24N2O2/c1-14(2,3)16-11-12-6-7-13(15-10-12)18-9-5-8-17-4/h6-7,10,16H,5,8-9,11H2,1-4H3. The van der Waals surface area contributed by atoms with Crippen molar-refractivity contribution in [2.24, 2.45) is 0 Å². The average molecular weight is 252 g/mol. The van der Waals surface area contributed by atoms with E-state index in [1.165, 1.54) is 0 Å². The van der Waals surface area contributed by atoms with Gasteiger partial charge < -0.3 is 14.8 Å². The van der Waals surface area contributed by atoms with E-state index in [1.807, 2.05) is 18.3 Å². The number of ether oxygens (including phenoxy) is 2. The molecule has 0 atom stereocenters. The minimum Gasteiger partial charge on any atom is -0.478 e. The summed E-state index contributed by atoms with van der Waals surface area (Å²) in [5, 5.41) is 3.42. The average Bonchev–Trinajstić information content (AvgIpc) is 2.33. The fourth-order valence-corrected chi connectivity index (χ4v) is 1.35. The molecule has 0 amide bonds. The number of methoxy groups -OCH3 is 1. The van der Waals surface area contributed by atoms with Crippen LogP contribution in [0, 0.1) is 0 Å². The lowest BCUT2D eigenvalue weighted by Gasteiger charge is -2.20. The van der Waals surface area contributed by atoms with Gasteiger partial charge in [0.05, 0.1) is 6.61 Å². The van der Waals surface area contributed by atoms with Crippen LogP contribution in [0.2, 0.25) is 0 Å². The number of hydrogen-bond donors (Lipinski definition) is 1. The third-order valence-electron chi connectivity index (χ3n) is 2.36. The molecule has 0 fully saturated rings. The van der Waals surface area contributed by atoms with Crippen LogP contribution in [0.4, 0.5) is 0 Å². The van der Waals surface area contributed by atoms with E-state index >= 15 is 0 Å². The predicted molar refractivity (Wildman–Crippen MR) is 72.8 cm³/mol. The summed E-state index contributed by atoms with van der Waals surface area (Å²) in [7, 11) is 1.69. The normalized spacial score (nSPS) is 11.6. The molecule has 0 aliphatic rings. The van der Waals surface area contributed by atoms with E-state index in [4.69, 9.17) is 9.47 Å². The summed E-state index contributed by atoms with van der Waals surface area (Å²) in [5.41, 5.74) is 1.28. The Kier molecular flexibility index (Phi) is 6.09. The summed E-state index contributed by atoms with van der Waals surface area (Å²) >= 11 is 0. The molecule has 0 bridgehead atoms. The molecule has 1 rings (SSSR count). The maximum Gasteiger partial charge on any atom is 0.213 e. The van der Waals surface area contributed by atoms with Crippen molar-refractivity contribution in [3.8, 4) is 5.88 Å². The molecular formula is C14H24N2O2. The first-order chi connectivity index (χ1) is 8.51. The first-order valence-corrected chi connectivity index (χ1v) is 6.33. The fraction of sp³-hybridized carbons (Fsp3) is 0.643. The second-order valence-corrected chi connectivity index (χ2v) is 5.30. The molecule has 4 heteroatoms. The highest BCUT2D eigenvalue weighted by Crippen LogP contribution is 2.09. The monoisotopic (exact) mass is 252 g/mol. The number of hydrogen-bond acceptors (Lipinski definition) is 4. The van der Waals surface area contributed by atoms with E-state index < -0.39 is 0 Å². The highest BCUT2D eigenvalue weighted by molar-refractivity contribution is 5.17. The lowest BCUT2D eigenvalue weighted by molar-refractivity contribution is 0.170. The minimum absolute atomic E-state index is 0.120. The SMILES string of the molecule is COCCCOc1ccc(CNC(C)(C)C)cn1. The summed E-state index contributed by atoms with van der Waals surface area (Å²) in [6, 6.07) is 3.95. The number of nitrogens with zero attached hydrogens (tertiary/aromatic N) is 1. The molecule has 1 heterocycles. The molecule has 0 saturated carbocycles. The molecule has 0 unspecified atom stereocenters. The Bertz CT molecular complexity index is 331. The van der Waals surface area contributed by atoms with E-state index in [1.54, 1.807) is 7.11 Å². The zero-order valence-electron chi connectivity index (χ0n) is 11.8. The minimum atomic E-state index is 0.120. The van der Waals surface area contributed by atoms with Crippen LogP contribution in [-0.2, 0) is 11.3 Å². The zero-order valence-corrected chi connectivity index (χ0v) is 11.8. The van der Waals surface area contributed by atoms with Crippen molar-refractivity contribution in [3.05, 3.63) is 23.9 Å². The van der Waals surface area contributed by atoms with Crippen molar-refractivity contribution in [1.29, 1.82) is 0 Å². The van der Waals surface area contributed by atoms with Gasteiger partial charge in [0.25, 0.3) is 0 Å². The maximum absolute atomic E-state index is 5.50. The molecule has 18 heavy (non-hydrogen) atoms. The van der Waals surface area contributed by atoms with Gasteiger partial charge in [-0.25, -0.2) is 4.98 Å². The molecular weight excluding hydrogens is 228 g/mol. The lowest BCUT2D eigenvalue weighted by atomic mass is 10.1. The van der Waals surface area contributed by atoms with Gasteiger partial charge in [0.15, 0.2) is 0 Å². The van der Waals surface area contributed by atoms with Gasteiger partial charge in [-0.2, -0.15) is 0 Å². The van der Waals surface area contributed by atoms with Gasteiger partial charge >= 0.3 is 0 Å². The quantitative estimate of drug-likeness (QED) is 0.757. The Morgan fingerprint density at radius 1 is 1.22 bits per heavy atom. The van der Waals surface area contributed by atoms with Gasteiger partial charge in [-0.15, -0.1) is 0 Å². The molecule has 4 nitrogen and oxygen atoms in total. The van der Waals surface area contributed by atoms with Crippen LogP contribution in [-0.4, -0.2) is 30.8 Å². The fourth-order valence-electron chi connectivity index (χ4n) is 1.35. The van der Waals surface area contributed by atoms with E-state index in [-0.39, 0.29) is 5.54 Å². The van der Waals surface area contributed by atoms with Crippen molar-refractivity contribution in [3.63, 3.8) is 0 Å². The molecule has 102 valence electrons. The summed E-state index contributed by atoms with van der Waals surface area (Å²) in [6.45, 7) is 8.61. The Labute approximate surface area is 110 Å². The smallest absolute Gasteiger partial charge is 0.213 e. The summed E-state index contributed by atoms with van der Waals surface area (Å²) in [6.07, 6.45) is 2.73. The molecule has 0 aromatic carbocycles. The second-order valence-electron chi connectivity index (χ2n) is 5.30. The van der Waals surface area contributed by atoms with Crippen molar-refractivity contribution < 1.29 is 9.47 Å². The van der Waals surface area contributed by atoms with Gasteiger partial charge in [-0.05, 0) is 26.3 Å². The van der Waals surface area contributed by atoms with Crippen molar-refractivity contribution in [1.82, 2.24) is 10.3 Å². The summed E-state index contributed by atoms with van der Waals surface area (Å²) in [5.74, 6) is 0.672. The van der Waals surface area contributed by atoms with Gasteiger partial charge in [0.2, 0.25) is 5.88 Å². The van der Waals surface area contributed by atoms with E-state index in [9.17, 15) is 0 Å². The number of rotatable bonds is 7. The maximum atomic E-state index is 5.50. The molecule has 0 aliphatic carbocycles. The van der Waals surface area contributed by atoms with Gasteiger partial charge in [0.1, 0.15) is 0 Å². The molecule has 0 radical (unpaired) electrons. The molecule has 1 N–H and O–H groups in total. The lowest BCUT2D eigenvalue weighted by Crippen LogP contribution is -2.35. The Morgan fingerprint density at radius 3 is 2.56 bits per heavy atom. The van der Waals surface area contributed by atoms with Gasteiger partial charge in [-0.3, -0.25) is 0 Å². The van der Waals surface area contributed by atoms with Crippen molar-refractivity contribution >= 4 is 0 Å². The molecule has 1 aromatic rings. The largest absolute Gasteiger partial charge is 0.478 e. The highest BCUT2D eigenvalue weighted by Gasteiger charge is 2.08. The predicted octanol–water partition coefficient (Wildman–Crippen LogP) is 2.39. The zero-order chi connectivity index (χ0) is 13.4. The second kappa shape index (κ2) is 7.34. The van der Waals surface area contributed by atoms with E-state index in [0.29, 0.717) is 19.1 Å². The van der Waals surface area contributed by atoms with Crippen LogP contribution in [0.3, 0.4) is 0 Å². The molecule has 0 aliphatic heterocycles. The van der Waals surface area contributed by atoms with Crippen LogP contribution in [0.15, 0.2) is 18.3 Å². The Morgan fingerprint density at radius 2 is 2.00 bits per heavy atom. The summed E-state index contributed by atoms with van der Waals surface area (Å²) < 4.78 is 10.5. The van der Waals surface area contributed by atoms with Crippen molar-refractivity contribution in [2.45, 2.75) is 39.3 Å².